The molecule has 1 aliphatic rings. The number of amides is 1. The normalized spacial score (nSPS) is 16.8. The fraction of sp³-hybridized carbons (Fsp3) is 0.600. The molecule has 1 aromatic carbocycles. The van der Waals surface area contributed by atoms with Crippen LogP contribution >= 0.6 is 0 Å². The molecule has 0 unspecified atom stereocenters. The van der Waals surface area contributed by atoms with Gasteiger partial charge in [0.1, 0.15) is 0 Å². The molecular formula is C20H29NO5. The van der Waals surface area contributed by atoms with Gasteiger partial charge in [-0.3, -0.25) is 9.59 Å². The van der Waals surface area contributed by atoms with Gasteiger partial charge < -0.3 is 19.1 Å². The molecule has 0 spiro atoms. The molecule has 1 atom stereocenters. The molecule has 26 heavy (non-hydrogen) atoms. The fourth-order valence-corrected chi connectivity index (χ4v) is 3.06. The van der Waals surface area contributed by atoms with Crippen LogP contribution in [0, 0.1) is 5.92 Å². The Balaban J connectivity index is 1.74. The molecule has 0 N–H and O–H groups in total. The Morgan fingerprint density at radius 2 is 1.85 bits per heavy atom. The summed E-state index contributed by atoms with van der Waals surface area (Å²) in [6.45, 7) is 6.31. The number of para-hydroxylation sites is 2. The SMILES string of the molecule is CCOC(=O)[C@@H]1CCCN(C(=O)CCCOc2ccccc2OCC)C1. The predicted molar refractivity (Wildman–Crippen MR) is 98.3 cm³/mol. The highest BCUT2D eigenvalue weighted by Crippen LogP contribution is 2.26. The number of hydrogen-bond acceptors (Lipinski definition) is 5. The first kappa shape index (κ1) is 20.1. The Morgan fingerprint density at radius 1 is 1.12 bits per heavy atom. The third-order valence-corrected chi connectivity index (χ3v) is 4.34. The van der Waals surface area contributed by atoms with Gasteiger partial charge in [0.15, 0.2) is 11.5 Å². The maximum Gasteiger partial charge on any atom is 0.310 e. The number of nitrogens with zero attached hydrogens (tertiary/aromatic N) is 1. The number of ether oxygens (including phenoxy) is 3. The zero-order valence-corrected chi connectivity index (χ0v) is 15.7. The summed E-state index contributed by atoms with van der Waals surface area (Å²) in [6.07, 6.45) is 2.67. The largest absolute Gasteiger partial charge is 0.490 e. The molecule has 1 aliphatic heterocycles. The van der Waals surface area contributed by atoms with E-state index in [4.69, 9.17) is 14.2 Å². The van der Waals surface area contributed by atoms with Crippen molar-refractivity contribution in [2.24, 2.45) is 5.92 Å². The molecule has 144 valence electrons. The van der Waals surface area contributed by atoms with Crippen molar-refractivity contribution in [1.29, 1.82) is 0 Å². The third-order valence-electron chi connectivity index (χ3n) is 4.34. The quantitative estimate of drug-likeness (QED) is 0.498. The molecule has 0 bridgehead atoms. The molecule has 2 rings (SSSR count). The molecule has 1 fully saturated rings. The van der Waals surface area contributed by atoms with Crippen LogP contribution in [0.25, 0.3) is 0 Å². The van der Waals surface area contributed by atoms with E-state index in [1.165, 1.54) is 0 Å². The van der Waals surface area contributed by atoms with Crippen LogP contribution in [0.3, 0.4) is 0 Å². The van der Waals surface area contributed by atoms with Crippen molar-refractivity contribution in [3.8, 4) is 11.5 Å². The lowest BCUT2D eigenvalue weighted by Gasteiger charge is -2.31. The lowest BCUT2D eigenvalue weighted by atomic mass is 9.98. The first-order chi connectivity index (χ1) is 12.7. The van der Waals surface area contributed by atoms with E-state index in [0.717, 1.165) is 18.6 Å². The fourth-order valence-electron chi connectivity index (χ4n) is 3.06. The van der Waals surface area contributed by atoms with Gasteiger partial charge in [-0.25, -0.2) is 0 Å². The van der Waals surface area contributed by atoms with Gasteiger partial charge in [0.2, 0.25) is 5.91 Å². The standard InChI is InChI=1S/C20H29NO5/c1-3-24-17-10-5-6-11-18(17)26-14-8-12-19(22)21-13-7-9-16(15-21)20(23)25-4-2/h5-6,10-11,16H,3-4,7-9,12-15H2,1-2H3/t16-/m1/s1. The molecule has 0 aliphatic carbocycles. The van der Waals surface area contributed by atoms with Gasteiger partial charge in [-0.05, 0) is 45.2 Å². The summed E-state index contributed by atoms with van der Waals surface area (Å²) in [4.78, 5) is 26.1. The second-order valence-electron chi connectivity index (χ2n) is 6.26. The summed E-state index contributed by atoms with van der Waals surface area (Å²) >= 11 is 0. The molecule has 1 saturated heterocycles. The minimum absolute atomic E-state index is 0.0701. The minimum atomic E-state index is -0.194. The Labute approximate surface area is 155 Å². The van der Waals surface area contributed by atoms with Crippen LogP contribution in [-0.2, 0) is 14.3 Å². The summed E-state index contributed by atoms with van der Waals surface area (Å²) in [5, 5.41) is 0. The van der Waals surface area contributed by atoms with Crippen molar-refractivity contribution < 1.29 is 23.8 Å². The van der Waals surface area contributed by atoms with Gasteiger partial charge in [0, 0.05) is 19.5 Å². The monoisotopic (exact) mass is 363 g/mol. The molecule has 6 heteroatoms. The van der Waals surface area contributed by atoms with Crippen LogP contribution in [0.15, 0.2) is 24.3 Å². The Hall–Kier alpha value is -2.24. The molecule has 6 nitrogen and oxygen atoms in total. The maximum atomic E-state index is 12.4. The van der Waals surface area contributed by atoms with Gasteiger partial charge in [-0.15, -0.1) is 0 Å². The van der Waals surface area contributed by atoms with Crippen LogP contribution in [0.1, 0.15) is 39.5 Å². The van der Waals surface area contributed by atoms with Crippen LogP contribution in [-0.4, -0.2) is 49.7 Å². The number of rotatable bonds is 9. The van der Waals surface area contributed by atoms with Gasteiger partial charge in [0.05, 0.1) is 25.7 Å². The first-order valence-electron chi connectivity index (χ1n) is 9.44. The van der Waals surface area contributed by atoms with E-state index >= 15 is 0 Å². The van der Waals surface area contributed by atoms with Crippen molar-refractivity contribution >= 4 is 11.9 Å². The highest BCUT2D eigenvalue weighted by molar-refractivity contribution is 5.78. The van der Waals surface area contributed by atoms with Crippen molar-refractivity contribution in [2.75, 3.05) is 32.9 Å². The van der Waals surface area contributed by atoms with Gasteiger partial charge in [-0.2, -0.15) is 0 Å². The third kappa shape index (κ3) is 5.93. The second kappa shape index (κ2) is 10.7. The molecule has 0 aromatic heterocycles. The van der Waals surface area contributed by atoms with E-state index in [0.29, 0.717) is 51.5 Å². The highest BCUT2D eigenvalue weighted by Gasteiger charge is 2.28. The summed E-state index contributed by atoms with van der Waals surface area (Å²) in [7, 11) is 0. The number of carbonyl (C=O) groups is 2. The smallest absolute Gasteiger partial charge is 0.310 e. The molecular weight excluding hydrogens is 334 g/mol. The Morgan fingerprint density at radius 3 is 2.54 bits per heavy atom. The number of esters is 1. The van der Waals surface area contributed by atoms with E-state index in [1.807, 2.05) is 31.2 Å². The van der Waals surface area contributed by atoms with Crippen molar-refractivity contribution in [1.82, 2.24) is 4.90 Å². The zero-order chi connectivity index (χ0) is 18.8. The van der Waals surface area contributed by atoms with Crippen molar-refractivity contribution in [3.63, 3.8) is 0 Å². The molecule has 0 saturated carbocycles. The van der Waals surface area contributed by atoms with Gasteiger partial charge in [0.25, 0.3) is 0 Å². The summed E-state index contributed by atoms with van der Waals surface area (Å²) in [5.74, 6) is 1.10. The van der Waals surface area contributed by atoms with E-state index in [2.05, 4.69) is 0 Å². The second-order valence-corrected chi connectivity index (χ2v) is 6.26. The number of benzene rings is 1. The van der Waals surface area contributed by atoms with Crippen LogP contribution in [0.5, 0.6) is 11.5 Å². The number of hydrogen-bond donors (Lipinski definition) is 0. The van der Waals surface area contributed by atoms with E-state index in [1.54, 1.807) is 11.8 Å². The Bertz CT molecular complexity index is 589. The maximum absolute atomic E-state index is 12.4. The first-order valence-corrected chi connectivity index (χ1v) is 9.44. The van der Waals surface area contributed by atoms with E-state index in [-0.39, 0.29) is 17.8 Å². The summed E-state index contributed by atoms with van der Waals surface area (Å²) < 4.78 is 16.3. The van der Waals surface area contributed by atoms with Gasteiger partial charge >= 0.3 is 5.97 Å². The molecule has 1 heterocycles. The minimum Gasteiger partial charge on any atom is -0.490 e. The number of likely N-dealkylation sites (tertiary alicyclic amines) is 1. The average Bonchev–Trinajstić information content (AvgIpc) is 2.67. The van der Waals surface area contributed by atoms with E-state index < -0.39 is 0 Å². The lowest BCUT2D eigenvalue weighted by molar-refractivity contribution is -0.151. The average molecular weight is 363 g/mol. The van der Waals surface area contributed by atoms with Crippen LogP contribution in [0.2, 0.25) is 0 Å². The number of carbonyl (C=O) groups excluding carboxylic acids is 2. The van der Waals surface area contributed by atoms with Crippen molar-refractivity contribution in [2.45, 2.75) is 39.5 Å². The summed E-state index contributed by atoms with van der Waals surface area (Å²) in [5.41, 5.74) is 0. The van der Waals surface area contributed by atoms with E-state index in [9.17, 15) is 9.59 Å². The summed E-state index contributed by atoms with van der Waals surface area (Å²) in [6, 6.07) is 7.53. The topological polar surface area (TPSA) is 65.1 Å². The zero-order valence-electron chi connectivity index (χ0n) is 15.7. The lowest BCUT2D eigenvalue weighted by Crippen LogP contribution is -2.42. The van der Waals surface area contributed by atoms with Crippen LogP contribution < -0.4 is 9.47 Å². The Kier molecular flexibility index (Phi) is 8.25. The molecule has 0 radical (unpaired) electrons. The molecule has 1 amide bonds. The molecule has 1 aromatic rings. The highest BCUT2D eigenvalue weighted by atomic mass is 16.5. The number of piperidine rings is 1. The van der Waals surface area contributed by atoms with Crippen molar-refractivity contribution in [3.05, 3.63) is 24.3 Å². The van der Waals surface area contributed by atoms with Crippen LogP contribution in [0.4, 0.5) is 0 Å². The van der Waals surface area contributed by atoms with Gasteiger partial charge in [-0.1, -0.05) is 12.1 Å². The predicted octanol–water partition coefficient (Wildman–Crippen LogP) is 3.05.